The predicted molar refractivity (Wildman–Crippen MR) is 64.2 cm³/mol. The first-order chi connectivity index (χ1) is 7.11. The Morgan fingerprint density at radius 3 is 2.06 bits per heavy atom. The Morgan fingerprint density at radius 1 is 1.25 bits per heavy atom. The van der Waals surface area contributed by atoms with Crippen LogP contribution in [-0.4, -0.2) is 23.2 Å². The molecule has 0 aliphatic carbocycles. The van der Waals surface area contributed by atoms with Crippen LogP contribution in [0.25, 0.3) is 0 Å². The first-order valence-electron chi connectivity index (χ1n) is 5.72. The number of nitrogens with zero attached hydrogens (tertiary/aromatic N) is 1. The molecule has 0 N–H and O–H groups in total. The Labute approximate surface area is 98.2 Å². The van der Waals surface area contributed by atoms with Gasteiger partial charge in [-0.2, -0.15) is 0 Å². The number of ether oxygens (including phenoxy) is 1. The summed E-state index contributed by atoms with van der Waals surface area (Å²) in [6.45, 7) is 13.6. The predicted octanol–water partition coefficient (Wildman–Crippen LogP) is 2.43. The maximum absolute atomic E-state index is 11.5. The van der Waals surface area contributed by atoms with Gasteiger partial charge in [-0.05, 0) is 34.6 Å². The number of carbonyl (C=O) groups excluding carboxylic acids is 1. The van der Waals surface area contributed by atoms with E-state index in [1.807, 2.05) is 0 Å². The summed E-state index contributed by atoms with van der Waals surface area (Å²) in [6, 6.07) is 0. The maximum Gasteiger partial charge on any atom is 0.333 e. The lowest BCUT2D eigenvalue weighted by atomic mass is 9.81. The number of hydrogen-bond donors (Lipinski definition) is 0. The third kappa shape index (κ3) is 3.63. The quantitative estimate of drug-likeness (QED) is 0.534. The van der Waals surface area contributed by atoms with Crippen LogP contribution >= 0.6 is 0 Å². The molecule has 0 atom stereocenters. The van der Waals surface area contributed by atoms with E-state index in [0.717, 1.165) is 12.8 Å². The van der Waals surface area contributed by atoms with Crippen molar-refractivity contribution in [3.05, 3.63) is 12.2 Å². The second-order valence-corrected chi connectivity index (χ2v) is 5.95. The fourth-order valence-electron chi connectivity index (χ4n) is 2.43. The number of piperidine rings is 1. The highest BCUT2D eigenvalue weighted by Crippen LogP contribution is 2.32. The van der Waals surface area contributed by atoms with Gasteiger partial charge >= 0.3 is 5.97 Å². The van der Waals surface area contributed by atoms with Crippen LogP contribution in [0.4, 0.5) is 0 Å². The average Bonchev–Trinajstić information content (AvgIpc) is 1.96. The first kappa shape index (κ1) is 13.2. The van der Waals surface area contributed by atoms with E-state index in [0.29, 0.717) is 5.57 Å². The van der Waals surface area contributed by atoms with Gasteiger partial charge in [0.25, 0.3) is 0 Å². The normalized spacial score (nSPS) is 23.8. The Morgan fingerprint density at radius 2 is 1.69 bits per heavy atom. The lowest BCUT2D eigenvalue weighted by Gasteiger charge is -2.44. The molecule has 0 spiro atoms. The number of rotatable bonds is 2. The van der Waals surface area contributed by atoms with Gasteiger partial charge in [-0.1, -0.05) is 6.58 Å². The monoisotopic (exact) mass is 224 g/mol. The van der Waals surface area contributed by atoms with Crippen molar-refractivity contribution >= 4 is 5.97 Å². The van der Waals surface area contributed by atoms with Gasteiger partial charge in [0, 0.05) is 29.5 Å². The second-order valence-electron chi connectivity index (χ2n) is 5.95. The molecule has 1 saturated heterocycles. The van der Waals surface area contributed by atoms with E-state index in [1.165, 1.54) is 0 Å². The van der Waals surface area contributed by atoms with Crippen LogP contribution in [0.3, 0.4) is 0 Å². The minimum Gasteiger partial charge on any atom is -0.459 e. The zero-order chi connectivity index (χ0) is 12.6. The molecule has 0 bridgehead atoms. The van der Waals surface area contributed by atoms with Gasteiger partial charge in [-0.15, -0.1) is 0 Å². The van der Waals surface area contributed by atoms with Crippen molar-refractivity contribution in [3.63, 3.8) is 0 Å². The summed E-state index contributed by atoms with van der Waals surface area (Å²) in [5.41, 5.74) is 0.210. The average molecular weight is 224 g/mol. The van der Waals surface area contributed by atoms with Gasteiger partial charge in [-0.3, -0.25) is 0 Å². The summed E-state index contributed by atoms with van der Waals surface area (Å²) in [4.78, 5) is 11.5. The molecule has 0 aromatic rings. The third-order valence-corrected chi connectivity index (χ3v) is 2.68. The number of hydrogen-bond acceptors (Lipinski definition) is 2. The van der Waals surface area contributed by atoms with E-state index in [1.54, 1.807) is 6.92 Å². The van der Waals surface area contributed by atoms with Crippen molar-refractivity contribution in [2.24, 2.45) is 0 Å². The SMILES string of the molecule is C=C(C)C(=O)OC1CC(C)(C)[N]C(C)(C)C1. The molecule has 1 rings (SSSR count). The van der Waals surface area contributed by atoms with Gasteiger partial charge in [0.15, 0.2) is 0 Å². The summed E-state index contributed by atoms with van der Waals surface area (Å²) in [6.07, 6.45) is 1.52. The Balaban J connectivity index is 2.68. The standard InChI is InChI=1S/C13H22NO2/c1-9(2)11(15)16-10-7-12(3,4)14-13(5,6)8-10/h10H,1,7-8H2,2-6H3. The number of esters is 1. The van der Waals surface area contributed by atoms with E-state index >= 15 is 0 Å². The topological polar surface area (TPSA) is 40.4 Å². The van der Waals surface area contributed by atoms with Crippen molar-refractivity contribution in [2.75, 3.05) is 0 Å². The number of carbonyl (C=O) groups is 1. The fraction of sp³-hybridized carbons (Fsp3) is 0.769. The fourth-order valence-corrected chi connectivity index (χ4v) is 2.43. The highest BCUT2D eigenvalue weighted by molar-refractivity contribution is 5.87. The highest BCUT2D eigenvalue weighted by Gasteiger charge is 2.40. The largest absolute Gasteiger partial charge is 0.459 e. The van der Waals surface area contributed by atoms with E-state index < -0.39 is 0 Å². The Kier molecular flexibility index (Phi) is 3.48. The van der Waals surface area contributed by atoms with Crippen molar-refractivity contribution in [1.82, 2.24) is 5.32 Å². The minimum absolute atomic E-state index is 0.0494. The van der Waals surface area contributed by atoms with Crippen LogP contribution in [0.2, 0.25) is 0 Å². The van der Waals surface area contributed by atoms with Crippen LogP contribution in [0.5, 0.6) is 0 Å². The van der Waals surface area contributed by atoms with Gasteiger partial charge in [-0.25, -0.2) is 10.1 Å². The van der Waals surface area contributed by atoms with E-state index in [4.69, 9.17) is 10.1 Å². The van der Waals surface area contributed by atoms with E-state index in [9.17, 15) is 4.79 Å². The molecule has 91 valence electrons. The zero-order valence-electron chi connectivity index (χ0n) is 11.0. The second kappa shape index (κ2) is 4.21. The van der Waals surface area contributed by atoms with E-state index in [2.05, 4.69) is 34.3 Å². The summed E-state index contributed by atoms with van der Waals surface area (Å²) >= 11 is 0. The zero-order valence-corrected chi connectivity index (χ0v) is 11.0. The summed E-state index contributed by atoms with van der Waals surface area (Å²) in [7, 11) is 0. The van der Waals surface area contributed by atoms with Crippen LogP contribution in [0.15, 0.2) is 12.2 Å². The van der Waals surface area contributed by atoms with Crippen LogP contribution in [0.1, 0.15) is 47.5 Å². The minimum atomic E-state index is -0.293. The van der Waals surface area contributed by atoms with E-state index in [-0.39, 0.29) is 23.2 Å². The molecule has 1 aliphatic heterocycles. The Bertz CT molecular complexity index is 289. The maximum atomic E-state index is 11.5. The molecular formula is C13H22NO2. The molecular weight excluding hydrogens is 202 g/mol. The first-order valence-corrected chi connectivity index (χ1v) is 5.72. The molecule has 3 heteroatoms. The third-order valence-electron chi connectivity index (χ3n) is 2.68. The smallest absolute Gasteiger partial charge is 0.333 e. The lowest BCUT2D eigenvalue weighted by molar-refractivity contribution is -0.148. The lowest BCUT2D eigenvalue weighted by Crippen LogP contribution is -2.55. The van der Waals surface area contributed by atoms with Crippen molar-refractivity contribution < 1.29 is 9.53 Å². The summed E-state index contributed by atoms with van der Waals surface area (Å²) in [5, 5.41) is 4.74. The van der Waals surface area contributed by atoms with Crippen LogP contribution in [0, 0.1) is 0 Å². The Hall–Kier alpha value is -0.830. The van der Waals surface area contributed by atoms with Gasteiger partial charge in [0.05, 0.1) is 0 Å². The molecule has 0 aromatic carbocycles. The van der Waals surface area contributed by atoms with Crippen LogP contribution in [-0.2, 0) is 9.53 Å². The molecule has 0 amide bonds. The molecule has 0 aromatic heterocycles. The summed E-state index contributed by atoms with van der Waals surface area (Å²) < 4.78 is 5.43. The molecule has 3 nitrogen and oxygen atoms in total. The van der Waals surface area contributed by atoms with Crippen molar-refractivity contribution in [2.45, 2.75) is 64.6 Å². The molecule has 1 fully saturated rings. The van der Waals surface area contributed by atoms with Gasteiger partial charge in [0.1, 0.15) is 6.10 Å². The summed E-state index contributed by atoms with van der Waals surface area (Å²) in [5.74, 6) is -0.293. The molecule has 1 aliphatic rings. The van der Waals surface area contributed by atoms with Crippen LogP contribution < -0.4 is 5.32 Å². The highest BCUT2D eigenvalue weighted by atomic mass is 16.5. The molecule has 0 unspecified atom stereocenters. The van der Waals surface area contributed by atoms with Crippen molar-refractivity contribution in [1.29, 1.82) is 0 Å². The molecule has 1 radical (unpaired) electrons. The van der Waals surface area contributed by atoms with Gasteiger partial charge < -0.3 is 4.74 Å². The molecule has 0 saturated carbocycles. The molecule has 16 heavy (non-hydrogen) atoms. The molecule has 1 heterocycles. The van der Waals surface area contributed by atoms with Crippen molar-refractivity contribution in [3.8, 4) is 0 Å². The van der Waals surface area contributed by atoms with Gasteiger partial charge in [0.2, 0.25) is 0 Å².